The van der Waals surface area contributed by atoms with Gasteiger partial charge in [-0.25, -0.2) is 9.99 Å². The molecule has 1 fully saturated rings. The van der Waals surface area contributed by atoms with Gasteiger partial charge in [0.05, 0.1) is 22.4 Å². The van der Waals surface area contributed by atoms with Crippen LogP contribution in [0.5, 0.6) is 0 Å². The minimum absolute atomic E-state index is 0.292. The third-order valence-electron chi connectivity index (χ3n) is 5.57. The molecule has 0 spiro atoms. The van der Waals surface area contributed by atoms with Crippen LogP contribution in [0.1, 0.15) is 42.8 Å². The quantitative estimate of drug-likeness (QED) is 0.519. The van der Waals surface area contributed by atoms with E-state index in [0.717, 1.165) is 34.3 Å². The molecule has 3 aromatic rings. The number of imidazole rings is 1. The van der Waals surface area contributed by atoms with E-state index in [9.17, 15) is 0 Å². The van der Waals surface area contributed by atoms with Crippen LogP contribution in [0.2, 0.25) is 0 Å². The van der Waals surface area contributed by atoms with Gasteiger partial charge in [0.1, 0.15) is 5.82 Å². The Morgan fingerprint density at radius 3 is 2.86 bits per heavy atom. The van der Waals surface area contributed by atoms with E-state index in [-0.39, 0.29) is 0 Å². The SMILES string of the molecule is Cc1cc(Br)cc2[nH]c([C@@H]3CCCN3N3C=C(c4ccccc4)SC3C)nc12. The number of hydrogen-bond donors (Lipinski definition) is 1. The van der Waals surface area contributed by atoms with Crippen molar-refractivity contribution in [1.29, 1.82) is 0 Å². The summed E-state index contributed by atoms with van der Waals surface area (Å²) in [7, 11) is 0. The Balaban J connectivity index is 1.47. The molecule has 0 aliphatic carbocycles. The first-order valence-corrected chi connectivity index (χ1v) is 11.4. The van der Waals surface area contributed by atoms with E-state index in [4.69, 9.17) is 4.98 Å². The van der Waals surface area contributed by atoms with Crippen LogP contribution in [0.15, 0.2) is 53.1 Å². The minimum atomic E-state index is 0.292. The molecule has 5 rings (SSSR count). The lowest BCUT2D eigenvalue weighted by molar-refractivity contribution is 0.00255. The second-order valence-corrected chi connectivity index (χ2v) is 9.79. The first-order chi connectivity index (χ1) is 13.6. The molecule has 0 amide bonds. The lowest BCUT2D eigenvalue weighted by Crippen LogP contribution is -2.41. The van der Waals surface area contributed by atoms with Crippen LogP contribution in [-0.4, -0.2) is 31.9 Å². The average molecular weight is 455 g/mol. The second-order valence-electron chi connectivity index (χ2n) is 7.52. The zero-order valence-corrected chi connectivity index (χ0v) is 18.4. The van der Waals surface area contributed by atoms with E-state index in [0.29, 0.717) is 11.4 Å². The lowest BCUT2D eigenvalue weighted by atomic mass is 10.2. The summed E-state index contributed by atoms with van der Waals surface area (Å²) in [6.45, 7) is 5.47. The number of benzene rings is 2. The molecule has 6 heteroatoms. The highest BCUT2D eigenvalue weighted by Crippen LogP contribution is 2.44. The van der Waals surface area contributed by atoms with Crippen molar-refractivity contribution in [3.63, 3.8) is 0 Å². The molecule has 1 N–H and O–H groups in total. The van der Waals surface area contributed by atoms with Gasteiger partial charge in [-0.05, 0) is 49.9 Å². The number of halogens is 1. The number of thioether (sulfide) groups is 1. The Morgan fingerprint density at radius 1 is 1.21 bits per heavy atom. The van der Waals surface area contributed by atoms with Crippen LogP contribution >= 0.6 is 27.7 Å². The number of aryl methyl sites for hydroxylation is 1. The van der Waals surface area contributed by atoms with Crippen LogP contribution in [0.4, 0.5) is 0 Å². The average Bonchev–Trinajstić information content (AvgIpc) is 3.39. The number of nitrogens with one attached hydrogen (secondary N) is 1. The number of rotatable bonds is 3. The predicted octanol–water partition coefficient (Wildman–Crippen LogP) is 6.08. The number of H-pyrrole nitrogens is 1. The number of hydrazine groups is 1. The number of hydrogen-bond acceptors (Lipinski definition) is 4. The molecule has 28 heavy (non-hydrogen) atoms. The van der Waals surface area contributed by atoms with Gasteiger partial charge in [0, 0.05) is 22.1 Å². The molecule has 2 aliphatic heterocycles. The zero-order valence-electron chi connectivity index (χ0n) is 16.0. The largest absolute Gasteiger partial charge is 0.341 e. The number of fused-ring (bicyclic) bond motifs is 1. The van der Waals surface area contributed by atoms with Gasteiger partial charge in [-0.15, -0.1) is 0 Å². The van der Waals surface area contributed by atoms with Crippen molar-refractivity contribution < 1.29 is 0 Å². The van der Waals surface area contributed by atoms with Gasteiger partial charge in [0.25, 0.3) is 0 Å². The van der Waals surface area contributed by atoms with Gasteiger partial charge < -0.3 is 4.98 Å². The highest BCUT2D eigenvalue weighted by Gasteiger charge is 2.36. The fourth-order valence-electron chi connectivity index (χ4n) is 4.25. The fourth-order valence-corrected chi connectivity index (χ4v) is 5.92. The van der Waals surface area contributed by atoms with Crippen molar-refractivity contribution in [2.75, 3.05) is 6.54 Å². The van der Waals surface area contributed by atoms with Crippen molar-refractivity contribution in [1.82, 2.24) is 20.0 Å². The van der Waals surface area contributed by atoms with E-state index in [1.54, 1.807) is 0 Å². The monoisotopic (exact) mass is 454 g/mol. The summed E-state index contributed by atoms with van der Waals surface area (Å²) in [4.78, 5) is 9.92. The summed E-state index contributed by atoms with van der Waals surface area (Å²) < 4.78 is 1.09. The lowest BCUT2D eigenvalue weighted by Gasteiger charge is -2.35. The summed E-state index contributed by atoms with van der Waals surface area (Å²) in [5, 5.41) is 5.30. The van der Waals surface area contributed by atoms with Gasteiger partial charge in [-0.1, -0.05) is 58.0 Å². The molecule has 0 bridgehead atoms. The van der Waals surface area contributed by atoms with Gasteiger partial charge in [0.15, 0.2) is 0 Å². The van der Waals surface area contributed by atoms with E-state index in [2.05, 4.69) is 93.4 Å². The maximum atomic E-state index is 4.99. The smallest absolute Gasteiger partial charge is 0.126 e. The first kappa shape index (κ1) is 18.3. The normalized spacial score (nSPS) is 23.0. The van der Waals surface area contributed by atoms with Crippen molar-refractivity contribution in [2.24, 2.45) is 0 Å². The molecule has 2 aliphatic rings. The maximum Gasteiger partial charge on any atom is 0.126 e. The second kappa shape index (κ2) is 7.25. The number of aromatic nitrogens is 2. The van der Waals surface area contributed by atoms with Crippen molar-refractivity contribution in [3.05, 3.63) is 70.1 Å². The molecular weight excluding hydrogens is 432 g/mol. The Hall–Kier alpha value is -1.76. The van der Waals surface area contributed by atoms with E-state index < -0.39 is 0 Å². The molecule has 1 saturated heterocycles. The third kappa shape index (κ3) is 3.17. The van der Waals surface area contributed by atoms with Gasteiger partial charge >= 0.3 is 0 Å². The Kier molecular flexibility index (Phi) is 4.73. The topological polar surface area (TPSA) is 35.2 Å². The molecule has 3 heterocycles. The summed E-state index contributed by atoms with van der Waals surface area (Å²) in [5.74, 6) is 1.08. The van der Waals surface area contributed by atoms with Crippen LogP contribution in [-0.2, 0) is 0 Å². The molecule has 1 aromatic heterocycles. The Labute approximate surface area is 178 Å². The van der Waals surface area contributed by atoms with Gasteiger partial charge in [-0.2, -0.15) is 0 Å². The number of aromatic amines is 1. The minimum Gasteiger partial charge on any atom is -0.341 e. The Morgan fingerprint density at radius 2 is 2.04 bits per heavy atom. The van der Waals surface area contributed by atoms with Crippen LogP contribution in [0, 0.1) is 6.92 Å². The molecule has 2 aromatic carbocycles. The van der Waals surface area contributed by atoms with Gasteiger partial charge in [-0.3, -0.25) is 5.01 Å². The molecular formula is C22H23BrN4S. The van der Waals surface area contributed by atoms with Crippen molar-refractivity contribution in [3.8, 4) is 0 Å². The highest BCUT2D eigenvalue weighted by atomic mass is 79.9. The summed E-state index contributed by atoms with van der Waals surface area (Å²) in [5.41, 5.74) is 4.68. The van der Waals surface area contributed by atoms with Crippen LogP contribution in [0.3, 0.4) is 0 Å². The molecule has 4 nitrogen and oxygen atoms in total. The Bertz CT molecular complexity index is 1050. The summed E-state index contributed by atoms with van der Waals surface area (Å²) in [6, 6.07) is 15.2. The van der Waals surface area contributed by atoms with Crippen molar-refractivity contribution >= 4 is 43.6 Å². The standard InChI is InChI=1S/C22H23BrN4S/c1-14-11-17(23)12-18-21(14)25-22(24-18)19-9-6-10-26(19)27-13-20(28-15(27)2)16-7-4-3-5-8-16/h3-5,7-8,11-13,15,19H,6,9-10H2,1-2H3,(H,24,25)/t15?,19-/m0/s1. The van der Waals surface area contributed by atoms with Crippen molar-refractivity contribution in [2.45, 2.75) is 38.1 Å². The molecule has 0 saturated carbocycles. The maximum absolute atomic E-state index is 4.99. The predicted molar refractivity (Wildman–Crippen MR) is 121 cm³/mol. The van der Waals surface area contributed by atoms with E-state index in [1.807, 2.05) is 11.8 Å². The van der Waals surface area contributed by atoms with Crippen LogP contribution < -0.4 is 0 Å². The highest BCUT2D eigenvalue weighted by molar-refractivity contribution is 9.10. The van der Waals surface area contributed by atoms with E-state index in [1.165, 1.54) is 22.5 Å². The summed E-state index contributed by atoms with van der Waals surface area (Å²) >= 11 is 5.53. The fraction of sp³-hybridized carbons (Fsp3) is 0.318. The molecule has 0 radical (unpaired) electrons. The van der Waals surface area contributed by atoms with Crippen LogP contribution in [0.25, 0.3) is 15.9 Å². The van der Waals surface area contributed by atoms with E-state index >= 15 is 0 Å². The first-order valence-electron chi connectivity index (χ1n) is 9.75. The van der Waals surface area contributed by atoms with Gasteiger partial charge in [0.2, 0.25) is 0 Å². The molecule has 2 atom stereocenters. The number of nitrogens with zero attached hydrogens (tertiary/aromatic N) is 3. The third-order valence-corrected chi connectivity index (χ3v) is 7.18. The zero-order chi connectivity index (χ0) is 19.3. The molecule has 1 unspecified atom stereocenters. The molecule has 144 valence electrons. The summed E-state index contributed by atoms with van der Waals surface area (Å²) in [6.07, 6.45) is 4.63.